The van der Waals surface area contributed by atoms with Crippen molar-refractivity contribution in [1.29, 1.82) is 0 Å². The molecular weight excluding hydrogens is 408 g/mol. The number of hydrogen-bond acceptors (Lipinski definition) is 10. The van der Waals surface area contributed by atoms with Crippen molar-refractivity contribution < 1.29 is 4.42 Å². The smallest absolute Gasteiger partial charge is 0.248 e. The standard InChI is InChI=1S/C18H23ClN10O/c1-27-9-12(19)13(25-27)10-28-6-2-4-11(28)8-18(14-5-3-7-30-14)24-17-23-15(20)22-16(21)29(17)26-18/h3,5,7,9,11,26H,2,4,6,8,10H2,1H3,(H4,20,21,22,23,24). The van der Waals surface area contributed by atoms with Crippen LogP contribution in [0.1, 0.15) is 30.7 Å². The van der Waals surface area contributed by atoms with Crippen LogP contribution in [-0.4, -0.2) is 50.2 Å². The molecule has 0 spiro atoms. The number of guanidine groups is 3. The van der Waals surface area contributed by atoms with Crippen molar-refractivity contribution in [3.8, 4) is 0 Å². The van der Waals surface area contributed by atoms with Crippen LogP contribution in [0.15, 0.2) is 44.0 Å². The number of furan rings is 1. The molecule has 1 fully saturated rings. The van der Waals surface area contributed by atoms with E-state index in [4.69, 9.17) is 32.5 Å². The third kappa shape index (κ3) is 3.24. The molecule has 2 aromatic heterocycles. The molecule has 2 unspecified atom stereocenters. The van der Waals surface area contributed by atoms with E-state index in [2.05, 4.69) is 25.4 Å². The molecule has 11 nitrogen and oxygen atoms in total. The summed E-state index contributed by atoms with van der Waals surface area (Å²) < 4.78 is 7.50. The van der Waals surface area contributed by atoms with E-state index in [0.717, 1.165) is 25.1 Å². The van der Waals surface area contributed by atoms with E-state index >= 15 is 0 Å². The Bertz CT molecular complexity index is 1040. The van der Waals surface area contributed by atoms with Gasteiger partial charge in [0, 0.05) is 32.3 Å². The first-order chi connectivity index (χ1) is 14.4. The fraction of sp³-hybridized carbons (Fsp3) is 0.444. The van der Waals surface area contributed by atoms with Gasteiger partial charge in [-0.25, -0.2) is 10.0 Å². The molecule has 0 saturated carbocycles. The van der Waals surface area contributed by atoms with Gasteiger partial charge in [0.05, 0.1) is 17.0 Å². The fourth-order valence-corrected chi connectivity index (χ4v) is 4.55. The van der Waals surface area contributed by atoms with Crippen LogP contribution in [0.4, 0.5) is 0 Å². The molecule has 0 aromatic carbocycles. The summed E-state index contributed by atoms with van der Waals surface area (Å²) in [5.74, 6) is 1.31. The first kappa shape index (κ1) is 19.1. The van der Waals surface area contributed by atoms with Gasteiger partial charge in [0.25, 0.3) is 0 Å². The van der Waals surface area contributed by atoms with Crippen molar-refractivity contribution in [2.24, 2.45) is 33.5 Å². The highest BCUT2D eigenvalue weighted by Gasteiger charge is 2.48. The number of aliphatic imine (C=N–C) groups is 3. The van der Waals surface area contributed by atoms with E-state index in [-0.39, 0.29) is 18.0 Å². The lowest BCUT2D eigenvalue weighted by Crippen LogP contribution is -2.55. The Morgan fingerprint density at radius 2 is 2.23 bits per heavy atom. The van der Waals surface area contributed by atoms with Gasteiger partial charge in [-0.2, -0.15) is 20.5 Å². The number of rotatable bonds is 5. The number of hydrogen-bond donors (Lipinski definition) is 3. The molecule has 5 rings (SSSR count). The minimum absolute atomic E-state index is 0.0758. The normalized spacial score (nSPS) is 26.5. The lowest BCUT2D eigenvalue weighted by atomic mass is 9.97. The summed E-state index contributed by atoms with van der Waals surface area (Å²) in [5, 5.41) is 6.72. The summed E-state index contributed by atoms with van der Waals surface area (Å²) >= 11 is 6.34. The maximum Gasteiger partial charge on any atom is 0.248 e. The Morgan fingerprint density at radius 3 is 2.97 bits per heavy atom. The van der Waals surface area contributed by atoms with E-state index in [0.29, 0.717) is 29.7 Å². The Morgan fingerprint density at radius 1 is 1.37 bits per heavy atom. The van der Waals surface area contributed by atoms with Gasteiger partial charge in [-0.05, 0) is 31.5 Å². The molecule has 0 aliphatic carbocycles. The highest BCUT2D eigenvalue weighted by molar-refractivity contribution is 6.31. The van der Waals surface area contributed by atoms with Crippen molar-refractivity contribution >= 4 is 29.5 Å². The highest BCUT2D eigenvalue weighted by atomic mass is 35.5. The first-order valence-electron chi connectivity index (χ1n) is 9.76. The summed E-state index contributed by atoms with van der Waals surface area (Å²) in [6, 6.07) is 3.96. The van der Waals surface area contributed by atoms with E-state index in [9.17, 15) is 0 Å². The summed E-state index contributed by atoms with van der Waals surface area (Å²) in [6.45, 7) is 1.63. The van der Waals surface area contributed by atoms with E-state index in [1.165, 1.54) is 0 Å². The second-order valence-corrected chi connectivity index (χ2v) is 8.11. The average molecular weight is 431 g/mol. The van der Waals surface area contributed by atoms with Crippen LogP contribution in [0.2, 0.25) is 5.02 Å². The molecule has 12 heteroatoms. The summed E-state index contributed by atoms with van der Waals surface area (Å²) in [7, 11) is 1.87. The Kier molecular flexibility index (Phi) is 4.53. The van der Waals surface area contributed by atoms with Crippen molar-refractivity contribution in [1.82, 2.24) is 25.1 Å². The molecule has 5 heterocycles. The Hall–Kier alpha value is -2.89. The second kappa shape index (κ2) is 7.11. The molecular formula is C18H23ClN10O. The van der Waals surface area contributed by atoms with Gasteiger partial charge < -0.3 is 15.9 Å². The molecule has 0 radical (unpaired) electrons. The topological polar surface area (TPSA) is 139 Å². The van der Waals surface area contributed by atoms with Gasteiger partial charge in [0.15, 0.2) is 5.66 Å². The molecule has 2 atom stereocenters. The maximum atomic E-state index is 6.34. The molecule has 1 saturated heterocycles. The Balaban J connectivity index is 1.44. The molecule has 0 amide bonds. The number of nitrogens with one attached hydrogen (secondary N) is 1. The third-order valence-corrected chi connectivity index (χ3v) is 5.94. The van der Waals surface area contributed by atoms with Crippen molar-refractivity contribution in [3.05, 3.63) is 41.1 Å². The van der Waals surface area contributed by atoms with Crippen LogP contribution in [0.25, 0.3) is 0 Å². The van der Waals surface area contributed by atoms with Crippen LogP contribution >= 0.6 is 11.6 Å². The molecule has 3 aliphatic rings. The minimum atomic E-state index is -0.867. The lowest BCUT2D eigenvalue weighted by molar-refractivity contribution is 0.146. The van der Waals surface area contributed by atoms with Gasteiger partial charge in [0.1, 0.15) is 5.76 Å². The van der Waals surface area contributed by atoms with Crippen LogP contribution in [-0.2, 0) is 19.3 Å². The van der Waals surface area contributed by atoms with Crippen molar-refractivity contribution in [2.75, 3.05) is 6.54 Å². The zero-order valence-electron chi connectivity index (χ0n) is 16.5. The number of aromatic nitrogens is 2. The van der Waals surface area contributed by atoms with E-state index in [1.54, 1.807) is 16.0 Å². The van der Waals surface area contributed by atoms with Crippen LogP contribution in [0, 0.1) is 0 Å². The van der Waals surface area contributed by atoms with Crippen LogP contribution in [0.3, 0.4) is 0 Å². The van der Waals surface area contributed by atoms with Gasteiger partial charge in [-0.1, -0.05) is 11.6 Å². The molecule has 2 aromatic rings. The Labute approximate surface area is 178 Å². The molecule has 0 bridgehead atoms. The van der Waals surface area contributed by atoms with Crippen LogP contribution in [0.5, 0.6) is 0 Å². The van der Waals surface area contributed by atoms with Gasteiger partial charge in [-0.3, -0.25) is 9.58 Å². The van der Waals surface area contributed by atoms with E-state index < -0.39 is 5.66 Å². The lowest BCUT2D eigenvalue weighted by Gasteiger charge is -2.33. The predicted octanol–water partition coefficient (Wildman–Crippen LogP) is 0.693. The van der Waals surface area contributed by atoms with Crippen molar-refractivity contribution in [3.63, 3.8) is 0 Å². The maximum absolute atomic E-state index is 6.34. The fourth-order valence-electron chi connectivity index (χ4n) is 4.31. The molecule has 30 heavy (non-hydrogen) atoms. The number of halogens is 1. The first-order valence-corrected chi connectivity index (χ1v) is 10.1. The van der Waals surface area contributed by atoms with Gasteiger partial charge in [0.2, 0.25) is 17.9 Å². The number of nitrogens with zero attached hydrogens (tertiary/aromatic N) is 7. The zero-order valence-corrected chi connectivity index (χ0v) is 17.2. The zero-order chi connectivity index (χ0) is 20.9. The largest absolute Gasteiger partial charge is 0.465 e. The minimum Gasteiger partial charge on any atom is -0.465 e. The summed E-state index contributed by atoms with van der Waals surface area (Å²) in [4.78, 5) is 15.5. The third-order valence-electron chi connectivity index (χ3n) is 5.63. The molecule has 5 N–H and O–H groups in total. The van der Waals surface area contributed by atoms with Gasteiger partial charge >= 0.3 is 0 Å². The summed E-state index contributed by atoms with van der Waals surface area (Å²) in [6.07, 6.45) is 6.20. The highest BCUT2D eigenvalue weighted by Crippen LogP contribution is 2.38. The predicted molar refractivity (Wildman–Crippen MR) is 112 cm³/mol. The number of likely N-dealkylation sites (tertiary alicyclic amines) is 1. The monoisotopic (exact) mass is 430 g/mol. The molecule has 158 valence electrons. The average Bonchev–Trinajstić information content (AvgIpc) is 3.45. The van der Waals surface area contributed by atoms with Gasteiger partial charge in [-0.15, -0.1) is 0 Å². The number of hydrazine groups is 1. The molecule has 3 aliphatic heterocycles. The van der Waals surface area contributed by atoms with Crippen LogP contribution < -0.4 is 16.9 Å². The SMILES string of the molecule is Cn1cc(Cl)c(CN2CCCC2CC2(c3ccco3)N=C3N=C(N)N=C(N)N3N2)n1. The number of nitrogens with two attached hydrogens (primary N) is 2. The quantitative estimate of drug-likeness (QED) is 0.634. The van der Waals surface area contributed by atoms with Crippen molar-refractivity contribution in [2.45, 2.75) is 37.5 Å². The number of fused-ring (bicyclic) bond motifs is 1. The second-order valence-electron chi connectivity index (χ2n) is 7.70. The van der Waals surface area contributed by atoms with E-state index in [1.807, 2.05) is 25.4 Å². The summed E-state index contributed by atoms with van der Waals surface area (Å²) in [5.41, 5.74) is 15.2. The number of aryl methyl sites for hydroxylation is 1.